The summed E-state index contributed by atoms with van der Waals surface area (Å²) < 4.78 is 10.5. The molecule has 4 heteroatoms. The molecular weight excluding hydrogens is 264 g/mol. The number of rotatable bonds is 5. The van der Waals surface area contributed by atoms with E-state index in [0.717, 1.165) is 22.5 Å². The van der Waals surface area contributed by atoms with Gasteiger partial charge in [-0.05, 0) is 43.7 Å². The normalized spacial score (nSPS) is 11.1. The molecule has 4 nitrogen and oxygen atoms in total. The summed E-state index contributed by atoms with van der Waals surface area (Å²) >= 11 is 0. The van der Waals surface area contributed by atoms with Gasteiger partial charge in [0.25, 0.3) is 0 Å². The first-order chi connectivity index (χ1) is 10.2. The van der Waals surface area contributed by atoms with Crippen LogP contribution in [0.4, 0.5) is 5.69 Å². The van der Waals surface area contributed by atoms with Gasteiger partial charge >= 0.3 is 0 Å². The lowest BCUT2D eigenvalue weighted by Crippen LogP contribution is -2.01. The SMILES string of the molecule is COc1ccc(/C(C)=N\Nc2ccccc2C)cc1OC. The van der Waals surface area contributed by atoms with Crippen LogP contribution in [0.5, 0.6) is 11.5 Å². The lowest BCUT2D eigenvalue weighted by atomic mass is 10.1. The second kappa shape index (κ2) is 6.79. The summed E-state index contributed by atoms with van der Waals surface area (Å²) in [5, 5.41) is 4.43. The quantitative estimate of drug-likeness (QED) is 0.670. The molecule has 0 amide bonds. The molecule has 2 aromatic carbocycles. The summed E-state index contributed by atoms with van der Waals surface area (Å²) in [6.07, 6.45) is 0. The van der Waals surface area contributed by atoms with Crippen LogP contribution in [0, 0.1) is 6.92 Å². The summed E-state index contributed by atoms with van der Waals surface area (Å²) in [6, 6.07) is 13.8. The van der Waals surface area contributed by atoms with Crippen LogP contribution in [0.1, 0.15) is 18.1 Å². The van der Waals surface area contributed by atoms with Crippen LogP contribution in [-0.2, 0) is 0 Å². The zero-order valence-corrected chi connectivity index (χ0v) is 12.8. The van der Waals surface area contributed by atoms with Crippen LogP contribution in [0.3, 0.4) is 0 Å². The molecule has 0 aliphatic heterocycles. The number of methoxy groups -OCH3 is 2. The molecular formula is C17H20N2O2. The van der Waals surface area contributed by atoms with Gasteiger partial charge in [0.1, 0.15) is 0 Å². The van der Waals surface area contributed by atoms with Crippen molar-refractivity contribution in [2.24, 2.45) is 5.10 Å². The molecule has 110 valence electrons. The highest BCUT2D eigenvalue weighted by Crippen LogP contribution is 2.27. The Morgan fingerprint density at radius 2 is 1.71 bits per heavy atom. The van der Waals surface area contributed by atoms with E-state index in [4.69, 9.17) is 9.47 Å². The van der Waals surface area contributed by atoms with E-state index in [1.54, 1.807) is 14.2 Å². The molecule has 0 aliphatic rings. The van der Waals surface area contributed by atoms with Crippen molar-refractivity contribution < 1.29 is 9.47 Å². The molecule has 0 aliphatic carbocycles. The lowest BCUT2D eigenvalue weighted by Gasteiger charge is -2.10. The van der Waals surface area contributed by atoms with Gasteiger partial charge in [-0.1, -0.05) is 18.2 Å². The molecule has 0 atom stereocenters. The number of aryl methyl sites for hydroxylation is 1. The second-order valence-corrected chi connectivity index (χ2v) is 4.69. The Bertz CT molecular complexity index is 651. The van der Waals surface area contributed by atoms with Crippen molar-refractivity contribution in [2.75, 3.05) is 19.6 Å². The lowest BCUT2D eigenvalue weighted by molar-refractivity contribution is 0.355. The largest absolute Gasteiger partial charge is 0.493 e. The molecule has 21 heavy (non-hydrogen) atoms. The minimum absolute atomic E-state index is 0.695. The number of ether oxygens (including phenoxy) is 2. The average molecular weight is 284 g/mol. The first kappa shape index (κ1) is 14.9. The predicted molar refractivity (Wildman–Crippen MR) is 86.6 cm³/mol. The first-order valence-electron chi connectivity index (χ1n) is 6.74. The van der Waals surface area contributed by atoms with E-state index in [9.17, 15) is 0 Å². The molecule has 0 spiro atoms. The van der Waals surface area contributed by atoms with Gasteiger partial charge in [-0.25, -0.2) is 0 Å². The van der Waals surface area contributed by atoms with E-state index >= 15 is 0 Å². The number of hydrogen-bond acceptors (Lipinski definition) is 4. The molecule has 0 fully saturated rings. The van der Waals surface area contributed by atoms with Crippen molar-refractivity contribution >= 4 is 11.4 Å². The molecule has 0 radical (unpaired) electrons. The maximum atomic E-state index is 5.31. The Kier molecular flexibility index (Phi) is 4.82. The Morgan fingerprint density at radius 3 is 2.38 bits per heavy atom. The van der Waals surface area contributed by atoms with E-state index < -0.39 is 0 Å². The number of nitrogens with zero attached hydrogens (tertiary/aromatic N) is 1. The minimum atomic E-state index is 0.695. The van der Waals surface area contributed by atoms with Crippen LogP contribution < -0.4 is 14.9 Å². The third-order valence-electron chi connectivity index (χ3n) is 3.29. The van der Waals surface area contributed by atoms with E-state index in [1.165, 1.54) is 0 Å². The van der Waals surface area contributed by atoms with Gasteiger partial charge in [0, 0.05) is 5.56 Å². The van der Waals surface area contributed by atoms with Gasteiger partial charge < -0.3 is 9.47 Å². The van der Waals surface area contributed by atoms with Crippen LogP contribution in [0.2, 0.25) is 0 Å². The van der Waals surface area contributed by atoms with Gasteiger partial charge in [-0.15, -0.1) is 0 Å². The van der Waals surface area contributed by atoms with E-state index in [-0.39, 0.29) is 0 Å². The standard InChI is InChI=1S/C17H20N2O2/c1-12-7-5-6-8-15(12)19-18-13(2)14-9-10-16(20-3)17(11-14)21-4/h5-11,19H,1-4H3/b18-13-. The first-order valence-corrected chi connectivity index (χ1v) is 6.74. The maximum absolute atomic E-state index is 5.31. The number of para-hydroxylation sites is 1. The molecule has 2 aromatic rings. The summed E-state index contributed by atoms with van der Waals surface area (Å²) in [6.45, 7) is 4.00. The van der Waals surface area contributed by atoms with Crippen LogP contribution in [-0.4, -0.2) is 19.9 Å². The number of anilines is 1. The molecule has 0 saturated heterocycles. The second-order valence-electron chi connectivity index (χ2n) is 4.69. The average Bonchev–Trinajstić information content (AvgIpc) is 2.53. The fourth-order valence-corrected chi connectivity index (χ4v) is 1.97. The molecule has 0 bridgehead atoms. The zero-order chi connectivity index (χ0) is 15.2. The zero-order valence-electron chi connectivity index (χ0n) is 12.8. The predicted octanol–water partition coefficient (Wildman–Crippen LogP) is 3.85. The fraction of sp³-hybridized carbons (Fsp3) is 0.235. The highest BCUT2D eigenvalue weighted by molar-refractivity contribution is 5.99. The Labute approximate surface area is 125 Å². The molecule has 0 aromatic heterocycles. The highest BCUT2D eigenvalue weighted by atomic mass is 16.5. The van der Waals surface area contributed by atoms with Crippen molar-refractivity contribution in [3.05, 3.63) is 53.6 Å². The van der Waals surface area contributed by atoms with Crippen molar-refractivity contribution in [3.63, 3.8) is 0 Å². The third-order valence-corrected chi connectivity index (χ3v) is 3.29. The minimum Gasteiger partial charge on any atom is -0.493 e. The number of hydrazone groups is 1. The van der Waals surface area contributed by atoms with Crippen LogP contribution in [0.25, 0.3) is 0 Å². The molecule has 0 heterocycles. The number of benzene rings is 2. The monoisotopic (exact) mass is 284 g/mol. The van der Waals surface area contributed by atoms with Crippen molar-refractivity contribution in [1.29, 1.82) is 0 Å². The van der Waals surface area contributed by atoms with Crippen molar-refractivity contribution in [2.45, 2.75) is 13.8 Å². The van der Waals surface area contributed by atoms with E-state index in [0.29, 0.717) is 11.5 Å². The van der Waals surface area contributed by atoms with Gasteiger partial charge in [0.15, 0.2) is 11.5 Å². The maximum Gasteiger partial charge on any atom is 0.161 e. The molecule has 0 saturated carbocycles. The van der Waals surface area contributed by atoms with Gasteiger partial charge in [-0.3, -0.25) is 5.43 Å². The Morgan fingerprint density at radius 1 is 1.00 bits per heavy atom. The van der Waals surface area contributed by atoms with E-state index in [2.05, 4.69) is 10.5 Å². The summed E-state index contributed by atoms with van der Waals surface area (Å²) in [5.74, 6) is 1.40. The number of hydrogen-bond donors (Lipinski definition) is 1. The third kappa shape index (κ3) is 3.54. The van der Waals surface area contributed by atoms with Crippen molar-refractivity contribution in [3.8, 4) is 11.5 Å². The summed E-state index contributed by atoms with van der Waals surface area (Å²) in [5.41, 5.74) is 7.10. The van der Waals surface area contributed by atoms with E-state index in [1.807, 2.05) is 56.3 Å². The van der Waals surface area contributed by atoms with Gasteiger partial charge in [0.2, 0.25) is 0 Å². The number of nitrogens with one attached hydrogen (secondary N) is 1. The fourth-order valence-electron chi connectivity index (χ4n) is 1.97. The molecule has 1 N–H and O–H groups in total. The summed E-state index contributed by atoms with van der Waals surface area (Å²) in [7, 11) is 3.25. The molecule has 2 rings (SSSR count). The Balaban J connectivity index is 2.21. The van der Waals surface area contributed by atoms with Gasteiger partial charge in [-0.2, -0.15) is 5.10 Å². The highest BCUT2D eigenvalue weighted by Gasteiger charge is 2.06. The van der Waals surface area contributed by atoms with Crippen molar-refractivity contribution in [1.82, 2.24) is 0 Å². The molecule has 0 unspecified atom stereocenters. The smallest absolute Gasteiger partial charge is 0.161 e. The Hall–Kier alpha value is -2.49. The van der Waals surface area contributed by atoms with Gasteiger partial charge in [0.05, 0.1) is 25.6 Å². The van der Waals surface area contributed by atoms with Crippen LogP contribution in [0.15, 0.2) is 47.6 Å². The topological polar surface area (TPSA) is 42.8 Å². The van der Waals surface area contributed by atoms with Crippen LogP contribution >= 0.6 is 0 Å². The summed E-state index contributed by atoms with van der Waals surface area (Å²) in [4.78, 5) is 0.